The summed E-state index contributed by atoms with van der Waals surface area (Å²) in [5, 5.41) is 4.76. The van der Waals surface area contributed by atoms with Crippen molar-refractivity contribution in [1.29, 1.82) is 0 Å². The Morgan fingerprint density at radius 3 is 1.33 bits per heavy atom. The van der Waals surface area contributed by atoms with E-state index in [-0.39, 0.29) is 0 Å². The molecule has 0 radical (unpaired) electrons. The standard InChI is InChI=1S/C20H16N2S2/c21-17-5-1-13-3-7-19(11-15(13)9-17)23-24-20-8-4-14-2-6-18(22)10-16(14)12-20/h1-12H,21-22H2. The molecule has 4 N–H and O–H groups in total. The van der Waals surface area contributed by atoms with Gasteiger partial charge in [0.25, 0.3) is 0 Å². The molecule has 0 aliphatic rings. The van der Waals surface area contributed by atoms with Gasteiger partial charge >= 0.3 is 0 Å². The fourth-order valence-electron chi connectivity index (χ4n) is 2.69. The van der Waals surface area contributed by atoms with E-state index in [0.717, 1.165) is 11.4 Å². The second kappa shape index (κ2) is 6.30. The van der Waals surface area contributed by atoms with E-state index in [1.807, 2.05) is 24.3 Å². The lowest BCUT2D eigenvalue weighted by atomic mass is 10.1. The van der Waals surface area contributed by atoms with Gasteiger partial charge in [-0.25, -0.2) is 0 Å². The van der Waals surface area contributed by atoms with Crippen LogP contribution in [0.3, 0.4) is 0 Å². The Morgan fingerprint density at radius 1 is 0.458 bits per heavy atom. The van der Waals surface area contributed by atoms with Crippen LogP contribution in [0.4, 0.5) is 11.4 Å². The molecule has 0 aliphatic heterocycles. The van der Waals surface area contributed by atoms with Crippen LogP contribution >= 0.6 is 21.6 Å². The third-order valence-electron chi connectivity index (χ3n) is 3.91. The van der Waals surface area contributed by atoms with Gasteiger partial charge < -0.3 is 11.5 Å². The van der Waals surface area contributed by atoms with Gasteiger partial charge in [-0.15, -0.1) is 0 Å². The summed E-state index contributed by atoms with van der Waals surface area (Å²) < 4.78 is 0. The summed E-state index contributed by atoms with van der Waals surface area (Å²) in [4.78, 5) is 2.43. The van der Waals surface area contributed by atoms with E-state index in [4.69, 9.17) is 11.5 Å². The van der Waals surface area contributed by atoms with Crippen LogP contribution in [0.1, 0.15) is 0 Å². The average molecular weight is 348 g/mol. The van der Waals surface area contributed by atoms with Gasteiger partial charge in [0.05, 0.1) is 0 Å². The maximum atomic E-state index is 5.88. The SMILES string of the molecule is Nc1ccc2ccc(SSc3ccc4ccc(N)cc4c3)cc2c1. The maximum Gasteiger partial charge on any atom is 0.0320 e. The Labute approximate surface area is 148 Å². The van der Waals surface area contributed by atoms with Gasteiger partial charge in [-0.2, -0.15) is 0 Å². The van der Waals surface area contributed by atoms with Crippen molar-refractivity contribution >= 4 is 54.5 Å². The van der Waals surface area contributed by atoms with Crippen molar-refractivity contribution in [3.05, 3.63) is 72.8 Å². The summed E-state index contributed by atoms with van der Waals surface area (Å²) >= 11 is 0. The number of nitrogen functional groups attached to an aromatic ring is 2. The molecule has 4 aromatic rings. The van der Waals surface area contributed by atoms with Crippen molar-refractivity contribution in [1.82, 2.24) is 0 Å². The van der Waals surface area contributed by atoms with Crippen LogP contribution in [-0.2, 0) is 0 Å². The molecule has 0 heterocycles. The van der Waals surface area contributed by atoms with Crippen LogP contribution in [-0.4, -0.2) is 0 Å². The molecule has 0 saturated heterocycles. The second-order valence-electron chi connectivity index (χ2n) is 5.70. The normalized spacial score (nSPS) is 11.2. The fraction of sp³-hybridized carbons (Fsp3) is 0. The summed E-state index contributed by atoms with van der Waals surface area (Å²) in [5.41, 5.74) is 13.4. The quantitative estimate of drug-likeness (QED) is 0.354. The maximum absolute atomic E-state index is 5.88. The van der Waals surface area contributed by atoms with Crippen LogP contribution in [0.25, 0.3) is 21.5 Å². The van der Waals surface area contributed by atoms with Gasteiger partial charge in [-0.3, -0.25) is 0 Å². The Hall–Kier alpha value is -2.30. The first kappa shape index (κ1) is 15.2. The third kappa shape index (κ3) is 3.16. The summed E-state index contributed by atoms with van der Waals surface area (Å²) in [5.74, 6) is 0. The highest BCUT2D eigenvalue weighted by molar-refractivity contribution is 8.76. The lowest BCUT2D eigenvalue weighted by Crippen LogP contribution is -1.84. The highest BCUT2D eigenvalue weighted by atomic mass is 33.1. The van der Waals surface area contributed by atoms with Crippen molar-refractivity contribution in [2.45, 2.75) is 9.79 Å². The number of anilines is 2. The van der Waals surface area contributed by atoms with E-state index in [1.54, 1.807) is 21.6 Å². The van der Waals surface area contributed by atoms with Crippen LogP contribution in [0.5, 0.6) is 0 Å². The molecular weight excluding hydrogens is 332 g/mol. The van der Waals surface area contributed by atoms with E-state index >= 15 is 0 Å². The van der Waals surface area contributed by atoms with Gasteiger partial charge in [0.2, 0.25) is 0 Å². The second-order valence-corrected chi connectivity index (χ2v) is 7.98. The number of hydrogen-bond donors (Lipinski definition) is 2. The van der Waals surface area contributed by atoms with Crippen molar-refractivity contribution < 1.29 is 0 Å². The Bertz CT molecular complexity index is 959. The number of nitrogens with two attached hydrogens (primary N) is 2. The molecule has 0 saturated carbocycles. The number of fused-ring (bicyclic) bond motifs is 2. The van der Waals surface area contributed by atoms with Crippen molar-refractivity contribution in [3.8, 4) is 0 Å². The predicted molar refractivity (Wildman–Crippen MR) is 108 cm³/mol. The molecular formula is C20H16N2S2. The molecule has 0 aliphatic carbocycles. The molecule has 0 atom stereocenters. The smallest absolute Gasteiger partial charge is 0.0320 e. The molecule has 0 fully saturated rings. The molecule has 0 bridgehead atoms. The molecule has 4 heteroatoms. The first-order valence-electron chi connectivity index (χ1n) is 7.60. The van der Waals surface area contributed by atoms with Gasteiger partial charge in [0.1, 0.15) is 0 Å². The van der Waals surface area contributed by atoms with E-state index in [1.165, 1.54) is 31.3 Å². The minimum Gasteiger partial charge on any atom is -0.399 e. The zero-order chi connectivity index (χ0) is 16.5. The molecule has 0 spiro atoms. The van der Waals surface area contributed by atoms with Gasteiger partial charge in [0.15, 0.2) is 0 Å². The predicted octanol–water partition coefficient (Wildman–Crippen LogP) is 5.96. The number of hydrogen-bond acceptors (Lipinski definition) is 4. The molecule has 24 heavy (non-hydrogen) atoms. The minimum atomic E-state index is 0.796. The molecule has 0 amide bonds. The molecule has 4 aromatic carbocycles. The molecule has 0 aromatic heterocycles. The first-order valence-corrected chi connectivity index (χ1v) is 9.75. The van der Waals surface area contributed by atoms with E-state index in [2.05, 4.69) is 48.5 Å². The molecule has 4 rings (SSSR count). The highest BCUT2D eigenvalue weighted by Crippen LogP contribution is 2.39. The van der Waals surface area contributed by atoms with Crippen LogP contribution < -0.4 is 11.5 Å². The Morgan fingerprint density at radius 2 is 0.875 bits per heavy atom. The Balaban J connectivity index is 1.58. The fourth-order valence-corrected chi connectivity index (χ4v) is 4.68. The third-order valence-corrected chi connectivity index (χ3v) is 6.29. The zero-order valence-corrected chi connectivity index (χ0v) is 14.5. The van der Waals surface area contributed by atoms with Crippen LogP contribution in [0.15, 0.2) is 82.6 Å². The van der Waals surface area contributed by atoms with Gasteiger partial charge in [-0.05, 0) is 70.1 Å². The lowest BCUT2D eigenvalue weighted by molar-refractivity contribution is 1.51. The topological polar surface area (TPSA) is 52.0 Å². The van der Waals surface area contributed by atoms with Crippen molar-refractivity contribution in [3.63, 3.8) is 0 Å². The molecule has 0 unspecified atom stereocenters. The lowest BCUT2D eigenvalue weighted by Gasteiger charge is -2.06. The van der Waals surface area contributed by atoms with Gasteiger partial charge in [-0.1, -0.05) is 45.9 Å². The van der Waals surface area contributed by atoms with Crippen LogP contribution in [0, 0.1) is 0 Å². The summed E-state index contributed by atoms with van der Waals surface area (Å²) in [6.07, 6.45) is 0. The largest absolute Gasteiger partial charge is 0.399 e. The molecule has 2 nitrogen and oxygen atoms in total. The number of benzene rings is 4. The highest BCUT2D eigenvalue weighted by Gasteiger charge is 2.02. The summed E-state index contributed by atoms with van der Waals surface area (Å²) in [6.45, 7) is 0. The van der Waals surface area contributed by atoms with E-state index in [0.29, 0.717) is 0 Å². The van der Waals surface area contributed by atoms with Crippen LogP contribution in [0.2, 0.25) is 0 Å². The van der Waals surface area contributed by atoms with Crippen molar-refractivity contribution in [2.75, 3.05) is 11.5 Å². The monoisotopic (exact) mass is 348 g/mol. The van der Waals surface area contributed by atoms with Gasteiger partial charge in [0, 0.05) is 21.2 Å². The van der Waals surface area contributed by atoms with E-state index < -0.39 is 0 Å². The minimum absolute atomic E-state index is 0.796. The summed E-state index contributed by atoms with van der Waals surface area (Å²) in [6, 6.07) is 25.0. The first-order chi connectivity index (χ1) is 11.7. The Kier molecular flexibility index (Phi) is 4.00. The molecule has 118 valence electrons. The summed E-state index contributed by atoms with van der Waals surface area (Å²) in [7, 11) is 3.50. The average Bonchev–Trinajstić information content (AvgIpc) is 2.59. The zero-order valence-electron chi connectivity index (χ0n) is 12.9. The van der Waals surface area contributed by atoms with E-state index in [9.17, 15) is 0 Å². The number of rotatable bonds is 3. The van der Waals surface area contributed by atoms with Crippen molar-refractivity contribution in [2.24, 2.45) is 0 Å².